The number of carbonyl (C=O) groups is 1. The second-order valence-corrected chi connectivity index (χ2v) is 8.54. The summed E-state index contributed by atoms with van der Waals surface area (Å²) < 4.78 is 5.40. The van der Waals surface area contributed by atoms with Crippen LogP contribution in [0, 0.1) is 0 Å². The fourth-order valence-corrected chi connectivity index (χ4v) is 4.45. The summed E-state index contributed by atoms with van der Waals surface area (Å²) in [5.74, 6) is 1.72. The van der Waals surface area contributed by atoms with Crippen molar-refractivity contribution in [2.75, 3.05) is 36.0 Å². The summed E-state index contributed by atoms with van der Waals surface area (Å²) in [7, 11) is 0. The zero-order valence-corrected chi connectivity index (χ0v) is 18.8. The van der Waals surface area contributed by atoms with E-state index in [1.165, 1.54) is 5.69 Å². The summed E-state index contributed by atoms with van der Waals surface area (Å²) in [5, 5.41) is 5.18. The maximum absolute atomic E-state index is 12.9. The molecule has 1 aliphatic rings. The van der Waals surface area contributed by atoms with Gasteiger partial charge in [0.05, 0.1) is 6.26 Å². The fraction of sp³-hybridized carbons (Fsp3) is 0.259. The quantitative estimate of drug-likeness (QED) is 0.478. The highest BCUT2D eigenvalue weighted by Gasteiger charge is 2.21. The molecule has 2 aromatic heterocycles. The molecule has 1 N–H and O–H groups in total. The number of rotatable bonds is 6. The molecule has 1 aliphatic heterocycles. The van der Waals surface area contributed by atoms with Crippen molar-refractivity contribution in [3.63, 3.8) is 0 Å². The molecule has 5 rings (SSSR count). The van der Waals surface area contributed by atoms with Crippen LogP contribution in [0.5, 0.6) is 0 Å². The highest BCUT2D eigenvalue weighted by Crippen LogP contribution is 2.27. The Hall–Kier alpha value is -3.80. The van der Waals surface area contributed by atoms with Crippen molar-refractivity contribution in [3.05, 3.63) is 90.5 Å². The van der Waals surface area contributed by atoms with Crippen LogP contribution in [-0.4, -0.2) is 43.1 Å². The smallest absolute Gasteiger partial charge is 0.251 e. The van der Waals surface area contributed by atoms with Gasteiger partial charge in [-0.3, -0.25) is 4.79 Å². The molecule has 2 aromatic carbocycles. The van der Waals surface area contributed by atoms with Crippen molar-refractivity contribution in [2.45, 2.75) is 19.4 Å². The van der Waals surface area contributed by atoms with Crippen LogP contribution < -0.4 is 15.1 Å². The van der Waals surface area contributed by atoms with Gasteiger partial charge in [0.2, 0.25) is 0 Å². The van der Waals surface area contributed by atoms with Gasteiger partial charge in [0.25, 0.3) is 5.91 Å². The lowest BCUT2D eigenvalue weighted by Gasteiger charge is -2.37. The Kier molecular flexibility index (Phi) is 5.98. The number of hydrogen-bond acceptors (Lipinski definition) is 5. The summed E-state index contributed by atoms with van der Waals surface area (Å²) in [4.78, 5) is 22.4. The minimum Gasteiger partial charge on any atom is -0.469 e. The summed E-state index contributed by atoms with van der Waals surface area (Å²) in [6, 6.07) is 22.1. The van der Waals surface area contributed by atoms with Crippen LogP contribution in [0.1, 0.15) is 23.0 Å². The van der Waals surface area contributed by atoms with E-state index in [1.807, 2.05) is 55.6 Å². The summed E-state index contributed by atoms with van der Waals surface area (Å²) >= 11 is 0. The van der Waals surface area contributed by atoms with Crippen LogP contribution in [0.25, 0.3) is 10.8 Å². The molecule has 1 atom stereocenters. The van der Waals surface area contributed by atoms with Gasteiger partial charge in [-0.2, -0.15) is 0 Å². The minimum absolute atomic E-state index is 0.0289. The number of aromatic nitrogens is 1. The lowest BCUT2D eigenvalue weighted by Crippen LogP contribution is -2.46. The van der Waals surface area contributed by atoms with Gasteiger partial charge in [-0.25, -0.2) is 4.98 Å². The molecule has 0 spiro atoms. The number of para-hydroxylation sites is 1. The molecule has 0 saturated carbocycles. The summed E-state index contributed by atoms with van der Waals surface area (Å²) in [6.07, 6.45) is 4.17. The molecule has 0 radical (unpaired) electrons. The maximum Gasteiger partial charge on any atom is 0.251 e. The second-order valence-electron chi connectivity index (χ2n) is 8.54. The Morgan fingerprint density at radius 3 is 2.55 bits per heavy atom. The van der Waals surface area contributed by atoms with E-state index >= 15 is 0 Å². The van der Waals surface area contributed by atoms with E-state index in [9.17, 15) is 4.79 Å². The number of carbonyl (C=O) groups excluding carboxylic acids is 1. The SMILES string of the molecule is C[C@@H](Cc1ccco1)NC(=O)c1ccc2ccnc(N3CCN(c4ccccc4)CC3)c2c1. The Morgan fingerprint density at radius 1 is 1.00 bits per heavy atom. The van der Waals surface area contributed by atoms with Gasteiger partial charge in [0.1, 0.15) is 11.6 Å². The predicted molar refractivity (Wildman–Crippen MR) is 132 cm³/mol. The molecule has 3 heterocycles. The zero-order chi connectivity index (χ0) is 22.6. The third kappa shape index (κ3) is 4.70. The average molecular weight is 441 g/mol. The number of furan rings is 1. The van der Waals surface area contributed by atoms with Crippen LogP contribution in [0.2, 0.25) is 0 Å². The average Bonchev–Trinajstić information content (AvgIpc) is 3.37. The van der Waals surface area contributed by atoms with Crippen LogP contribution in [0.3, 0.4) is 0 Å². The minimum atomic E-state index is -0.0837. The Balaban J connectivity index is 1.32. The molecule has 1 saturated heterocycles. The Morgan fingerprint density at radius 2 is 1.79 bits per heavy atom. The Bertz CT molecular complexity index is 1220. The number of hydrogen-bond donors (Lipinski definition) is 1. The lowest BCUT2D eigenvalue weighted by molar-refractivity contribution is 0.0939. The van der Waals surface area contributed by atoms with E-state index in [-0.39, 0.29) is 11.9 Å². The van der Waals surface area contributed by atoms with E-state index in [1.54, 1.807) is 6.26 Å². The molecule has 0 bridgehead atoms. The van der Waals surface area contributed by atoms with E-state index in [4.69, 9.17) is 9.40 Å². The first-order chi connectivity index (χ1) is 16.2. The number of benzene rings is 2. The van der Waals surface area contributed by atoms with Crippen molar-refractivity contribution in [1.82, 2.24) is 10.3 Å². The summed E-state index contributed by atoms with van der Waals surface area (Å²) in [5.41, 5.74) is 1.90. The van der Waals surface area contributed by atoms with Crippen LogP contribution in [-0.2, 0) is 6.42 Å². The number of nitrogens with one attached hydrogen (secondary N) is 1. The second kappa shape index (κ2) is 9.36. The number of amides is 1. The standard InChI is InChI=1S/C27H28N4O2/c1-20(18-24-8-5-17-33-24)29-27(32)22-10-9-21-11-12-28-26(25(21)19-22)31-15-13-30(14-16-31)23-6-3-2-4-7-23/h2-12,17,19-20H,13-16,18H2,1H3,(H,29,32)/t20-/m0/s1. The number of anilines is 2. The summed E-state index contributed by atoms with van der Waals surface area (Å²) in [6.45, 7) is 5.63. The fourth-order valence-electron chi connectivity index (χ4n) is 4.45. The van der Waals surface area contributed by atoms with Crippen LogP contribution >= 0.6 is 0 Å². The van der Waals surface area contributed by atoms with Gasteiger partial charge >= 0.3 is 0 Å². The van der Waals surface area contributed by atoms with E-state index in [2.05, 4.69) is 39.4 Å². The van der Waals surface area contributed by atoms with Crippen molar-refractivity contribution in [2.24, 2.45) is 0 Å². The Labute approximate surface area is 193 Å². The molecule has 6 nitrogen and oxygen atoms in total. The topological polar surface area (TPSA) is 61.6 Å². The van der Waals surface area contributed by atoms with Crippen molar-refractivity contribution in [1.29, 1.82) is 0 Å². The van der Waals surface area contributed by atoms with Crippen molar-refractivity contribution >= 4 is 28.2 Å². The number of fused-ring (bicyclic) bond motifs is 1. The molecule has 1 fully saturated rings. The first-order valence-corrected chi connectivity index (χ1v) is 11.4. The largest absolute Gasteiger partial charge is 0.469 e. The van der Waals surface area contributed by atoms with Gasteiger partial charge in [0, 0.05) is 61.5 Å². The predicted octanol–water partition coefficient (Wildman–Crippen LogP) is 4.52. The molecule has 0 aliphatic carbocycles. The normalized spacial score (nSPS) is 14.9. The van der Waals surface area contributed by atoms with Crippen molar-refractivity contribution < 1.29 is 9.21 Å². The van der Waals surface area contributed by atoms with Gasteiger partial charge in [-0.05, 0) is 54.8 Å². The molecule has 6 heteroatoms. The van der Waals surface area contributed by atoms with Crippen molar-refractivity contribution in [3.8, 4) is 0 Å². The molecule has 1 amide bonds. The highest BCUT2D eigenvalue weighted by molar-refractivity contribution is 6.01. The van der Waals surface area contributed by atoms with Crippen LogP contribution in [0.15, 0.2) is 83.6 Å². The number of pyridine rings is 1. The first kappa shape index (κ1) is 21.1. The maximum atomic E-state index is 12.9. The van der Waals surface area contributed by atoms with Crippen LogP contribution in [0.4, 0.5) is 11.5 Å². The van der Waals surface area contributed by atoms with Gasteiger partial charge in [-0.1, -0.05) is 24.3 Å². The number of piperazine rings is 1. The highest BCUT2D eigenvalue weighted by atomic mass is 16.3. The van der Waals surface area contributed by atoms with E-state index in [0.717, 1.165) is 48.5 Å². The molecule has 4 aromatic rings. The molecule has 33 heavy (non-hydrogen) atoms. The monoisotopic (exact) mass is 440 g/mol. The van der Waals surface area contributed by atoms with Gasteiger partial charge < -0.3 is 19.5 Å². The third-order valence-electron chi connectivity index (χ3n) is 6.17. The molecular weight excluding hydrogens is 412 g/mol. The molecule has 0 unspecified atom stereocenters. The zero-order valence-electron chi connectivity index (χ0n) is 18.8. The van der Waals surface area contributed by atoms with E-state index < -0.39 is 0 Å². The first-order valence-electron chi connectivity index (χ1n) is 11.4. The lowest BCUT2D eigenvalue weighted by atomic mass is 10.1. The molecule has 168 valence electrons. The molecular formula is C27H28N4O2. The van der Waals surface area contributed by atoms with Gasteiger partial charge in [0.15, 0.2) is 0 Å². The van der Waals surface area contributed by atoms with Gasteiger partial charge in [-0.15, -0.1) is 0 Å². The van der Waals surface area contributed by atoms with E-state index in [0.29, 0.717) is 12.0 Å². The number of nitrogens with zero attached hydrogens (tertiary/aromatic N) is 3. The third-order valence-corrected chi connectivity index (χ3v) is 6.17.